The molecule has 0 unspecified atom stereocenters. The van der Waals surface area contributed by atoms with Gasteiger partial charge < -0.3 is 14.8 Å². The number of hydrogen-bond donors (Lipinski definition) is 1. The Morgan fingerprint density at radius 2 is 1.84 bits per heavy atom. The molecule has 4 aromatic rings. The molecule has 0 aliphatic heterocycles. The molecule has 0 aliphatic rings. The van der Waals surface area contributed by atoms with Crippen molar-refractivity contribution in [3.8, 4) is 22.8 Å². The Hall–Kier alpha value is -2.71. The first kappa shape index (κ1) is 15.8. The van der Waals surface area contributed by atoms with E-state index in [0.717, 1.165) is 37.5 Å². The minimum Gasteiger partial charge on any atom is -0.497 e. The van der Waals surface area contributed by atoms with Crippen molar-refractivity contribution in [3.05, 3.63) is 42.0 Å². The van der Waals surface area contributed by atoms with Crippen molar-refractivity contribution in [2.24, 2.45) is 0 Å². The SMILES string of the molecule is COc1cc(OC)c2nc(Nc3nc(-c4ccncc4)cs3)sc2c1. The Morgan fingerprint density at radius 1 is 1.00 bits per heavy atom. The van der Waals surface area contributed by atoms with Crippen LogP contribution in [0.5, 0.6) is 11.5 Å². The van der Waals surface area contributed by atoms with Gasteiger partial charge in [0, 0.05) is 29.4 Å². The molecule has 0 aliphatic carbocycles. The molecule has 4 rings (SSSR count). The lowest BCUT2D eigenvalue weighted by atomic mass is 10.2. The van der Waals surface area contributed by atoms with E-state index in [9.17, 15) is 0 Å². The summed E-state index contributed by atoms with van der Waals surface area (Å²) in [5.74, 6) is 1.43. The van der Waals surface area contributed by atoms with Crippen molar-refractivity contribution in [3.63, 3.8) is 0 Å². The lowest BCUT2D eigenvalue weighted by Crippen LogP contribution is -1.90. The van der Waals surface area contributed by atoms with Crippen molar-refractivity contribution in [1.82, 2.24) is 15.0 Å². The molecule has 0 atom stereocenters. The lowest BCUT2D eigenvalue weighted by molar-refractivity contribution is 0.397. The fourth-order valence-electron chi connectivity index (χ4n) is 2.38. The van der Waals surface area contributed by atoms with Gasteiger partial charge in [0.05, 0.1) is 24.6 Å². The van der Waals surface area contributed by atoms with Gasteiger partial charge in [-0.1, -0.05) is 11.3 Å². The molecule has 0 amide bonds. The van der Waals surface area contributed by atoms with Crippen LogP contribution < -0.4 is 14.8 Å². The number of anilines is 2. The number of nitrogens with one attached hydrogen (secondary N) is 1. The Labute approximate surface area is 152 Å². The molecule has 1 N–H and O–H groups in total. The normalized spacial score (nSPS) is 10.8. The molecular formula is C17H14N4O2S2. The van der Waals surface area contributed by atoms with Crippen LogP contribution in [0.4, 0.5) is 10.3 Å². The van der Waals surface area contributed by atoms with E-state index in [1.807, 2.05) is 29.6 Å². The highest BCUT2D eigenvalue weighted by Gasteiger charge is 2.13. The fraction of sp³-hybridized carbons (Fsp3) is 0.118. The summed E-state index contributed by atoms with van der Waals surface area (Å²) < 4.78 is 11.7. The van der Waals surface area contributed by atoms with E-state index in [2.05, 4.69) is 20.3 Å². The minimum atomic E-state index is 0.690. The maximum absolute atomic E-state index is 5.41. The number of methoxy groups -OCH3 is 2. The number of fused-ring (bicyclic) bond motifs is 1. The number of hydrogen-bond acceptors (Lipinski definition) is 8. The van der Waals surface area contributed by atoms with Crippen molar-refractivity contribution in [2.75, 3.05) is 19.5 Å². The second-order valence-electron chi connectivity index (χ2n) is 5.09. The summed E-state index contributed by atoms with van der Waals surface area (Å²) in [6.07, 6.45) is 3.52. The maximum Gasteiger partial charge on any atom is 0.190 e. The molecule has 0 saturated carbocycles. The lowest BCUT2D eigenvalue weighted by Gasteiger charge is -2.03. The van der Waals surface area contributed by atoms with Gasteiger partial charge in [-0.2, -0.15) is 0 Å². The molecule has 25 heavy (non-hydrogen) atoms. The molecule has 1 aromatic carbocycles. The average Bonchev–Trinajstić information content (AvgIpc) is 3.28. The molecule has 0 spiro atoms. The highest BCUT2D eigenvalue weighted by Crippen LogP contribution is 2.37. The zero-order valence-electron chi connectivity index (χ0n) is 13.5. The smallest absolute Gasteiger partial charge is 0.190 e. The van der Waals surface area contributed by atoms with Crippen molar-refractivity contribution >= 4 is 43.2 Å². The summed E-state index contributed by atoms with van der Waals surface area (Å²) in [5, 5.41) is 6.83. The van der Waals surface area contributed by atoms with E-state index >= 15 is 0 Å². The predicted octanol–water partition coefficient (Wildman–Crippen LogP) is 4.58. The van der Waals surface area contributed by atoms with Gasteiger partial charge in [-0.3, -0.25) is 4.98 Å². The molecule has 0 fully saturated rings. The summed E-state index contributed by atoms with van der Waals surface area (Å²) >= 11 is 3.07. The first-order valence-corrected chi connectivity index (χ1v) is 9.12. The zero-order chi connectivity index (χ0) is 17.2. The van der Waals surface area contributed by atoms with E-state index in [1.165, 1.54) is 22.7 Å². The third kappa shape index (κ3) is 3.13. The van der Waals surface area contributed by atoms with Gasteiger partial charge in [-0.25, -0.2) is 9.97 Å². The van der Waals surface area contributed by atoms with Crippen LogP contribution in [0.25, 0.3) is 21.5 Å². The molecule has 126 valence electrons. The number of ether oxygens (including phenoxy) is 2. The van der Waals surface area contributed by atoms with Crippen LogP contribution in [0.15, 0.2) is 42.0 Å². The van der Waals surface area contributed by atoms with Crippen LogP contribution >= 0.6 is 22.7 Å². The maximum atomic E-state index is 5.41. The molecule has 6 nitrogen and oxygen atoms in total. The summed E-state index contributed by atoms with van der Waals surface area (Å²) in [5.41, 5.74) is 2.76. The van der Waals surface area contributed by atoms with Crippen LogP contribution in [0.2, 0.25) is 0 Å². The summed E-state index contributed by atoms with van der Waals surface area (Å²) in [6, 6.07) is 7.66. The Balaban J connectivity index is 1.64. The van der Waals surface area contributed by atoms with Crippen LogP contribution in [0.3, 0.4) is 0 Å². The monoisotopic (exact) mass is 370 g/mol. The summed E-state index contributed by atoms with van der Waals surface area (Å²) in [6.45, 7) is 0. The number of aromatic nitrogens is 3. The average molecular weight is 370 g/mol. The standard InChI is InChI=1S/C17H14N4O2S2/c1-22-11-7-13(23-2)15-14(8-11)25-17(20-15)21-16-19-12(9-24-16)10-3-5-18-6-4-10/h3-9H,1-2H3,(H,19,20,21). The molecule has 3 aromatic heterocycles. The molecule has 0 bridgehead atoms. The highest BCUT2D eigenvalue weighted by atomic mass is 32.1. The summed E-state index contributed by atoms with van der Waals surface area (Å²) in [7, 11) is 3.26. The van der Waals surface area contributed by atoms with E-state index in [-0.39, 0.29) is 0 Å². The number of rotatable bonds is 5. The van der Waals surface area contributed by atoms with Gasteiger partial charge in [0.25, 0.3) is 0 Å². The predicted molar refractivity (Wildman–Crippen MR) is 101 cm³/mol. The van der Waals surface area contributed by atoms with Crippen molar-refractivity contribution in [2.45, 2.75) is 0 Å². The topological polar surface area (TPSA) is 69.2 Å². The molecule has 3 heterocycles. The number of nitrogens with zero attached hydrogens (tertiary/aromatic N) is 3. The van der Waals surface area contributed by atoms with Crippen LogP contribution in [0, 0.1) is 0 Å². The Morgan fingerprint density at radius 3 is 2.60 bits per heavy atom. The third-order valence-corrected chi connectivity index (χ3v) is 5.26. The van der Waals surface area contributed by atoms with Gasteiger partial charge in [0.2, 0.25) is 0 Å². The fourth-order valence-corrected chi connectivity index (χ4v) is 4.07. The largest absolute Gasteiger partial charge is 0.497 e. The Bertz CT molecular complexity index is 1010. The minimum absolute atomic E-state index is 0.690. The van der Waals surface area contributed by atoms with E-state index < -0.39 is 0 Å². The quantitative estimate of drug-likeness (QED) is 0.555. The van der Waals surface area contributed by atoms with Gasteiger partial charge >= 0.3 is 0 Å². The van der Waals surface area contributed by atoms with Gasteiger partial charge in [0.15, 0.2) is 10.3 Å². The number of thiazole rings is 2. The van der Waals surface area contributed by atoms with E-state index in [1.54, 1.807) is 26.6 Å². The third-order valence-electron chi connectivity index (χ3n) is 3.58. The molecular weight excluding hydrogens is 356 g/mol. The van der Waals surface area contributed by atoms with Crippen LogP contribution in [0.1, 0.15) is 0 Å². The second kappa shape index (κ2) is 6.66. The van der Waals surface area contributed by atoms with Crippen molar-refractivity contribution < 1.29 is 9.47 Å². The van der Waals surface area contributed by atoms with Gasteiger partial charge in [0.1, 0.15) is 17.0 Å². The molecule has 0 radical (unpaired) electrons. The second-order valence-corrected chi connectivity index (χ2v) is 6.98. The van der Waals surface area contributed by atoms with Crippen molar-refractivity contribution in [1.29, 1.82) is 0 Å². The molecule has 8 heteroatoms. The van der Waals surface area contributed by atoms with E-state index in [0.29, 0.717) is 5.75 Å². The number of benzene rings is 1. The Kier molecular flexibility index (Phi) is 4.21. The molecule has 0 saturated heterocycles. The number of pyridine rings is 1. The van der Waals surface area contributed by atoms with Gasteiger partial charge in [-0.05, 0) is 18.2 Å². The summed E-state index contributed by atoms with van der Waals surface area (Å²) in [4.78, 5) is 13.3. The first-order chi connectivity index (χ1) is 12.3. The highest BCUT2D eigenvalue weighted by molar-refractivity contribution is 7.22. The zero-order valence-corrected chi connectivity index (χ0v) is 15.1. The van der Waals surface area contributed by atoms with Crippen LogP contribution in [-0.4, -0.2) is 29.2 Å². The van der Waals surface area contributed by atoms with Gasteiger partial charge in [-0.15, -0.1) is 11.3 Å². The van der Waals surface area contributed by atoms with Crippen LogP contribution in [-0.2, 0) is 0 Å². The first-order valence-electron chi connectivity index (χ1n) is 7.42. The van der Waals surface area contributed by atoms with E-state index in [4.69, 9.17) is 9.47 Å².